The van der Waals surface area contributed by atoms with E-state index in [0.29, 0.717) is 10.4 Å². The van der Waals surface area contributed by atoms with E-state index < -0.39 is 0 Å². The second kappa shape index (κ2) is 1.30. The van der Waals surface area contributed by atoms with E-state index in [4.69, 9.17) is 7.10 Å². The number of hydrogen-bond acceptors (Lipinski definition) is 2. The molecule has 0 saturated carbocycles. The molecule has 0 fully saturated rings. The number of thiophene rings is 1. The molecule has 1 rings (SSSR count). The number of rotatable bonds is 0. The molecule has 1 aromatic rings. The van der Waals surface area contributed by atoms with E-state index in [1.54, 1.807) is 12.1 Å². The van der Waals surface area contributed by atoms with Gasteiger partial charge in [0.1, 0.15) is 0 Å². The molecule has 0 spiro atoms. The van der Waals surface area contributed by atoms with E-state index in [9.17, 15) is 0 Å². The highest BCUT2D eigenvalue weighted by Crippen LogP contribution is 2.07. The van der Waals surface area contributed by atoms with Gasteiger partial charge in [0.2, 0.25) is 0 Å². The van der Waals surface area contributed by atoms with Crippen molar-refractivity contribution in [1.29, 1.82) is 0 Å². The molecule has 0 saturated heterocycles. The van der Waals surface area contributed by atoms with Gasteiger partial charge in [-0.05, 0) is 17.5 Å². The average Bonchev–Trinajstić information content (AvgIpc) is 1.87. The van der Waals surface area contributed by atoms with Gasteiger partial charge in [0.15, 0.2) is 0 Å². The molecular weight excluding hydrogens is 94.1 g/mol. The lowest BCUT2D eigenvalue weighted by Gasteiger charge is -1.68. The molecule has 2 heteroatoms. The van der Waals surface area contributed by atoms with Crippen molar-refractivity contribution in [2.75, 3.05) is 5.73 Å². The predicted molar refractivity (Wildman–Crippen MR) is 28.7 cm³/mol. The summed E-state index contributed by atoms with van der Waals surface area (Å²) in [5.74, 6) is 0. The van der Waals surface area contributed by atoms with Crippen LogP contribution in [0.5, 0.6) is 0 Å². The van der Waals surface area contributed by atoms with Gasteiger partial charge < -0.3 is 5.73 Å². The molecule has 1 nitrogen and oxygen atoms in total. The van der Waals surface area contributed by atoms with Gasteiger partial charge in [0.05, 0.1) is 6.37 Å². The van der Waals surface area contributed by atoms with Crippen LogP contribution < -0.4 is 5.73 Å². The summed E-state index contributed by atoms with van der Waals surface area (Å²) in [5, 5.41) is 1.24. The van der Waals surface area contributed by atoms with Gasteiger partial charge in [-0.25, -0.2) is 0 Å². The summed E-state index contributed by atoms with van der Waals surface area (Å²) >= 11 is 1.29. The fourth-order valence-electron chi connectivity index (χ4n) is 0.252. The minimum Gasteiger partial charge on any atom is -0.391 e. The van der Waals surface area contributed by atoms with Gasteiger partial charge in [-0.1, -0.05) is 0 Å². The molecule has 0 radical (unpaired) electrons. The molecule has 2 N–H and O–H groups in total. The van der Waals surface area contributed by atoms with Gasteiger partial charge in [0, 0.05) is 0 Å². The lowest BCUT2D eigenvalue weighted by atomic mass is 10.6. The molecule has 0 aliphatic heterocycles. The Hall–Kier alpha value is -0.500. The summed E-state index contributed by atoms with van der Waals surface area (Å²) in [5.41, 5.74) is 5.28. The van der Waals surface area contributed by atoms with Crippen LogP contribution >= 0.6 is 11.3 Å². The highest BCUT2D eigenvalue weighted by Gasteiger charge is 1.75. The number of nitrogen functional groups attached to an aromatic ring is 1. The minimum absolute atomic E-state index is 0.525. The fourth-order valence-corrected chi connectivity index (χ4v) is 0.660. The van der Waals surface area contributed by atoms with Crippen LogP contribution in [0.15, 0.2) is 17.5 Å². The third-order valence-corrected chi connectivity index (χ3v) is 1.12. The molecule has 32 valence electrons. The zero-order valence-corrected chi connectivity index (χ0v) is 3.96. The van der Waals surface area contributed by atoms with Crippen LogP contribution in [0.25, 0.3) is 0 Å². The van der Waals surface area contributed by atoms with E-state index >= 15 is 0 Å². The van der Waals surface area contributed by atoms with Crippen molar-refractivity contribution in [2.45, 2.75) is 0 Å². The highest BCUT2D eigenvalue weighted by molar-refractivity contribution is 7.13. The maximum Gasteiger partial charge on any atom is 0.0856 e. The summed E-state index contributed by atoms with van der Waals surface area (Å²) in [6, 6.07) is 3.41. The molecule has 0 atom stereocenters. The van der Waals surface area contributed by atoms with Crippen molar-refractivity contribution in [1.82, 2.24) is 0 Å². The number of hydrogen-bond donors (Lipinski definition) is 1. The highest BCUT2D eigenvalue weighted by atomic mass is 32.1. The van der Waals surface area contributed by atoms with Crippen LogP contribution in [0.2, 0.25) is 0 Å². The first-order chi connectivity index (χ1) is 3.29. The second-order valence-corrected chi connectivity index (χ2v) is 1.87. The monoisotopic (exact) mass is 100 g/mol. The fraction of sp³-hybridized carbons (Fsp3) is 0. The van der Waals surface area contributed by atoms with Crippen LogP contribution in [0, 0.1) is 0 Å². The first-order valence-electron chi connectivity index (χ1n) is 2.11. The summed E-state index contributed by atoms with van der Waals surface area (Å²) in [7, 11) is 0. The minimum atomic E-state index is 0.525. The molecule has 0 aromatic carbocycles. The molecule has 0 unspecified atom stereocenters. The van der Waals surface area contributed by atoms with Gasteiger partial charge in [-0.3, -0.25) is 0 Å². The normalized spacial score (nSPS) is 11.0. The van der Waals surface area contributed by atoms with Crippen LogP contribution in [0.3, 0.4) is 0 Å². The Morgan fingerprint density at radius 2 is 2.83 bits per heavy atom. The van der Waals surface area contributed by atoms with Crippen molar-refractivity contribution in [2.24, 2.45) is 0 Å². The summed E-state index contributed by atoms with van der Waals surface area (Å²) in [6.45, 7) is 0. The van der Waals surface area contributed by atoms with E-state index in [2.05, 4.69) is 0 Å². The molecular formula is C4H5NS. The third kappa shape index (κ3) is 0.518. The van der Waals surface area contributed by atoms with Crippen molar-refractivity contribution >= 4 is 16.3 Å². The molecule has 0 aliphatic carbocycles. The van der Waals surface area contributed by atoms with E-state index in [-0.39, 0.29) is 0 Å². The van der Waals surface area contributed by atoms with Crippen molar-refractivity contribution in [3.05, 3.63) is 17.5 Å². The predicted octanol–water partition coefficient (Wildman–Crippen LogP) is 1.33. The van der Waals surface area contributed by atoms with E-state index in [1.807, 2.05) is 0 Å². The van der Waals surface area contributed by atoms with E-state index in [0.717, 1.165) is 0 Å². The largest absolute Gasteiger partial charge is 0.391 e. The van der Waals surface area contributed by atoms with Crippen LogP contribution in [-0.2, 0) is 0 Å². The third-order valence-electron chi connectivity index (χ3n) is 0.492. The average molecular weight is 100 g/mol. The van der Waals surface area contributed by atoms with Crippen LogP contribution in [0.4, 0.5) is 5.00 Å². The Morgan fingerprint density at radius 3 is 3.00 bits per heavy atom. The Bertz CT molecular complexity index is 144. The zero-order valence-electron chi connectivity index (χ0n) is 4.14. The van der Waals surface area contributed by atoms with E-state index in [1.165, 1.54) is 11.3 Å². The van der Waals surface area contributed by atoms with Gasteiger partial charge in [-0.15, -0.1) is 11.3 Å². The SMILES string of the molecule is [2H]c1ccc(N)s1. The maximum atomic E-state index is 6.95. The molecule has 0 aliphatic rings. The first kappa shape index (κ1) is 2.64. The molecule has 1 aromatic heterocycles. The summed E-state index contributed by atoms with van der Waals surface area (Å²) in [4.78, 5) is 0. The number of nitrogens with two attached hydrogens (primary N) is 1. The Morgan fingerprint density at radius 1 is 2.00 bits per heavy atom. The van der Waals surface area contributed by atoms with Gasteiger partial charge in [-0.2, -0.15) is 0 Å². The van der Waals surface area contributed by atoms with Crippen LogP contribution in [0.1, 0.15) is 1.37 Å². The Balaban J connectivity index is 3.04. The quantitative estimate of drug-likeness (QED) is 0.523. The lowest BCUT2D eigenvalue weighted by molar-refractivity contribution is 1.94. The zero-order chi connectivity index (χ0) is 5.28. The number of anilines is 1. The van der Waals surface area contributed by atoms with Crippen molar-refractivity contribution in [3.63, 3.8) is 0 Å². The van der Waals surface area contributed by atoms with Crippen molar-refractivity contribution in [3.8, 4) is 0 Å². The summed E-state index contributed by atoms with van der Waals surface area (Å²) < 4.78 is 6.95. The smallest absolute Gasteiger partial charge is 0.0856 e. The molecule has 6 heavy (non-hydrogen) atoms. The van der Waals surface area contributed by atoms with Crippen LogP contribution in [-0.4, -0.2) is 0 Å². The molecule has 0 bridgehead atoms. The molecule has 1 heterocycles. The Kier molecular flexibility index (Phi) is 0.573. The summed E-state index contributed by atoms with van der Waals surface area (Å²) in [6.07, 6.45) is 0. The van der Waals surface area contributed by atoms with Gasteiger partial charge >= 0.3 is 0 Å². The van der Waals surface area contributed by atoms with Gasteiger partial charge in [0.25, 0.3) is 0 Å². The second-order valence-electron chi connectivity index (χ2n) is 0.956. The first-order valence-corrected chi connectivity index (χ1v) is 2.42. The Labute approximate surface area is 41.8 Å². The van der Waals surface area contributed by atoms with Crippen molar-refractivity contribution < 1.29 is 1.37 Å². The standard InChI is InChI=1S/C4H5NS/c5-4-2-1-3-6-4/h1-3H,5H2/i3D. The molecule has 0 amide bonds. The topological polar surface area (TPSA) is 26.0 Å². The lowest BCUT2D eigenvalue weighted by Crippen LogP contribution is -1.72. The maximum absolute atomic E-state index is 6.95.